The lowest BCUT2D eigenvalue weighted by Crippen LogP contribution is -2.31. The van der Waals surface area contributed by atoms with Crippen LogP contribution in [0.4, 0.5) is 0 Å². The Morgan fingerprint density at radius 1 is 1.16 bits per heavy atom. The number of hydrogen-bond donors (Lipinski definition) is 1. The quantitative estimate of drug-likeness (QED) is 0.471. The third-order valence-corrected chi connectivity index (χ3v) is 5.61. The van der Waals surface area contributed by atoms with Gasteiger partial charge in [0.25, 0.3) is 11.5 Å². The number of aryl methyl sites for hydroxylation is 1. The van der Waals surface area contributed by atoms with Crippen LogP contribution in [0.2, 0.25) is 10.0 Å². The molecule has 0 unspecified atom stereocenters. The van der Waals surface area contributed by atoms with Gasteiger partial charge in [0.1, 0.15) is 5.56 Å². The van der Waals surface area contributed by atoms with Gasteiger partial charge < -0.3 is 5.32 Å². The maximum Gasteiger partial charge on any atom is 0.265 e. The monoisotopic (exact) mass is 465 g/mol. The Bertz CT molecular complexity index is 1430. The number of fused-ring (bicyclic) bond motifs is 1. The second-order valence-corrected chi connectivity index (χ2v) is 7.80. The number of hydrogen-bond acceptors (Lipinski definition) is 4. The van der Waals surface area contributed by atoms with E-state index in [1.54, 1.807) is 22.9 Å². The molecular formula is C23H17Cl2N5O2. The van der Waals surface area contributed by atoms with Gasteiger partial charge in [-0.25, -0.2) is 4.68 Å². The molecule has 0 radical (unpaired) electrons. The van der Waals surface area contributed by atoms with Crippen molar-refractivity contribution in [2.24, 2.45) is 0 Å². The second-order valence-electron chi connectivity index (χ2n) is 6.96. The highest BCUT2D eigenvalue weighted by atomic mass is 35.5. The number of halogens is 2. The Balaban J connectivity index is 2.16. The lowest BCUT2D eigenvalue weighted by atomic mass is 10.1. The number of nitriles is 1. The molecule has 2 aromatic carbocycles. The molecule has 32 heavy (non-hydrogen) atoms. The van der Waals surface area contributed by atoms with Crippen LogP contribution in [-0.2, 0) is 6.54 Å². The van der Waals surface area contributed by atoms with Crippen molar-refractivity contribution in [1.82, 2.24) is 19.7 Å². The summed E-state index contributed by atoms with van der Waals surface area (Å²) in [6.07, 6.45) is 0.0848. The summed E-state index contributed by atoms with van der Waals surface area (Å²) in [5, 5.41) is 17.9. The van der Waals surface area contributed by atoms with Crippen molar-refractivity contribution in [2.75, 3.05) is 7.05 Å². The Morgan fingerprint density at radius 2 is 1.88 bits per heavy atom. The molecule has 0 spiro atoms. The minimum atomic E-state index is -0.518. The lowest BCUT2D eigenvalue weighted by Gasteiger charge is -2.10. The van der Waals surface area contributed by atoms with Gasteiger partial charge in [0.05, 0.1) is 28.9 Å². The molecule has 160 valence electrons. The molecule has 9 heteroatoms. The van der Waals surface area contributed by atoms with E-state index in [0.717, 1.165) is 5.56 Å². The number of nitrogens with one attached hydrogen (secondary N) is 1. The molecule has 0 bridgehead atoms. The standard InChI is InChI=1S/C23H17Cl2N5O2/c1-27-22(31)17-13-16-20(14-7-9-15(24)10-8-14)30(19-6-3-2-5-18(19)25)28-21(16)29(23(17)32)12-4-11-26/h2-3,5-10,13H,4,12H2,1H3,(H,27,31). The molecule has 7 nitrogen and oxygen atoms in total. The molecule has 4 aromatic rings. The van der Waals surface area contributed by atoms with E-state index in [2.05, 4.69) is 5.32 Å². The molecule has 2 heterocycles. The second kappa shape index (κ2) is 8.87. The number of para-hydroxylation sites is 1. The highest BCUT2D eigenvalue weighted by Crippen LogP contribution is 2.34. The number of rotatable bonds is 5. The highest BCUT2D eigenvalue weighted by Gasteiger charge is 2.23. The van der Waals surface area contributed by atoms with Gasteiger partial charge >= 0.3 is 0 Å². The number of carbonyl (C=O) groups is 1. The van der Waals surface area contributed by atoms with Crippen LogP contribution in [0.3, 0.4) is 0 Å². The first-order valence-corrected chi connectivity index (χ1v) is 10.5. The molecule has 2 aromatic heterocycles. The maximum atomic E-state index is 13.1. The van der Waals surface area contributed by atoms with E-state index < -0.39 is 11.5 Å². The molecule has 0 fully saturated rings. The summed E-state index contributed by atoms with van der Waals surface area (Å²) in [4.78, 5) is 25.6. The minimum absolute atomic E-state index is 0.0353. The van der Waals surface area contributed by atoms with E-state index in [1.807, 2.05) is 36.4 Å². The predicted molar refractivity (Wildman–Crippen MR) is 124 cm³/mol. The van der Waals surface area contributed by atoms with E-state index in [9.17, 15) is 9.59 Å². The normalized spacial score (nSPS) is 10.8. The van der Waals surface area contributed by atoms with Crippen molar-refractivity contribution in [3.8, 4) is 23.0 Å². The van der Waals surface area contributed by atoms with Crippen molar-refractivity contribution in [3.63, 3.8) is 0 Å². The Kier molecular flexibility index (Phi) is 5.99. The van der Waals surface area contributed by atoms with Gasteiger partial charge in [0.2, 0.25) is 0 Å². The first-order chi connectivity index (χ1) is 15.5. The molecule has 1 N–H and O–H groups in total. The van der Waals surface area contributed by atoms with Crippen LogP contribution < -0.4 is 10.9 Å². The summed E-state index contributed by atoms with van der Waals surface area (Å²) in [5.74, 6) is -0.518. The number of benzene rings is 2. The van der Waals surface area contributed by atoms with E-state index >= 15 is 0 Å². The zero-order chi connectivity index (χ0) is 22.8. The fourth-order valence-corrected chi connectivity index (χ4v) is 3.89. The van der Waals surface area contributed by atoms with Crippen LogP contribution in [0.15, 0.2) is 59.4 Å². The van der Waals surface area contributed by atoms with Crippen molar-refractivity contribution >= 4 is 40.1 Å². The zero-order valence-corrected chi connectivity index (χ0v) is 18.5. The van der Waals surface area contributed by atoms with Gasteiger partial charge in [-0.1, -0.05) is 47.5 Å². The first kappa shape index (κ1) is 21.6. The summed E-state index contributed by atoms with van der Waals surface area (Å²) < 4.78 is 3.00. The van der Waals surface area contributed by atoms with Crippen molar-refractivity contribution in [1.29, 1.82) is 5.26 Å². The van der Waals surface area contributed by atoms with Crippen LogP contribution in [-0.4, -0.2) is 27.3 Å². The Labute approximate surface area is 193 Å². The zero-order valence-electron chi connectivity index (χ0n) is 17.0. The number of carbonyl (C=O) groups excluding carboxylic acids is 1. The number of nitrogens with zero attached hydrogens (tertiary/aromatic N) is 4. The summed E-state index contributed by atoms with van der Waals surface area (Å²) in [6, 6.07) is 17.9. The van der Waals surface area contributed by atoms with Crippen molar-refractivity contribution in [3.05, 3.63) is 80.6 Å². The van der Waals surface area contributed by atoms with Crippen molar-refractivity contribution < 1.29 is 4.79 Å². The average Bonchev–Trinajstić information content (AvgIpc) is 3.17. The fraction of sp³-hybridized carbons (Fsp3) is 0.130. The molecule has 0 saturated carbocycles. The van der Waals surface area contributed by atoms with E-state index in [1.165, 1.54) is 17.7 Å². The summed E-state index contributed by atoms with van der Waals surface area (Å²) >= 11 is 12.6. The molecule has 0 aliphatic rings. The lowest BCUT2D eigenvalue weighted by molar-refractivity contribution is 0.0961. The molecular weight excluding hydrogens is 449 g/mol. The van der Waals surface area contributed by atoms with Gasteiger partial charge in [0.15, 0.2) is 5.65 Å². The molecule has 1 amide bonds. The Morgan fingerprint density at radius 3 is 2.53 bits per heavy atom. The highest BCUT2D eigenvalue weighted by molar-refractivity contribution is 6.32. The fourth-order valence-electron chi connectivity index (χ4n) is 3.55. The van der Waals surface area contributed by atoms with Gasteiger partial charge in [-0.05, 0) is 30.3 Å². The molecule has 0 saturated heterocycles. The van der Waals surface area contributed by atoms with Crippen LogP contribution >= 0.6 is 23.2 Å². The van der Waals surface area contributed by atoms with Gasteiger partial charge in [-0.2, -0.15) is 5.26 Å². The molecule has 0 aliphatic carbocycles. The molecule has 0 aliphatic heterocycles. The van der Waals surface area contributed by atoms with Crippen LogP contribution in [0.5, 0.6) is 0 Å². The average molecular weight is 466 g/mol. The molecule has 0 atom stereocenters. The smallest absolute Gasteiger partial charge is 0.265 e. The van der Waals surface area contributed by atoms with E-state index in [-0.39, 0.29) is 18.5 Å². The third-order valence-electron chi connectivity index (χ3n) is 5.04. The number of pyridine rings is 1. The summed E-state index contributed by atoms with van der Waals surface area (Å²) in [6.45, 7) is 0.0935. The van der Waals surface area contributed by atoms with Gasteiger partial charge in [0, 0.05) is 29.6 Å². The van der Waals surface area contributed by atoms with Crippen LogP contribution in [0, 0.1) is 11.3 Å². The topological polar surface area (TPSA) is 92.7 Å². The van der Waals surface area contributed by atoms with Crippen LogP contribution in [0.25, 0.3) is 28.0 Å². The predicted octanol–water partition coefficient (Wildman–Crippen LogP) is 4.43. The summed E-state index contributed by atoms with van der Waals surface area (Å²) in [5.41, 5.74) is 1.81. The SMILES string of the molecule is CNC(=O)c1cc2c(-c3ccc(Cl)cc3)n(-c3ccccc3Cl)nc2n(CCC#N)c1=O. The van der Waals surface area contributed by atoms with Gasteiger partial charge in [-0.3, -0.25) is 14.2 Å². The Hall–Kier alpha value is -3.60. The summed E-state index contributed by atoms with van der Waals surface area (Å²) in [7, 11) is 1.46. The number of amides is 1. The van der Waals surface area contributed by atoms with Crippen LogP contribution in [0.1, 0.15) is 16.8 Å². The third kappa shape index (κ3) is 3.75. The van der Waals surface area contributed by atoms with Crippen molar-refractivity contribution in [2.45, 2.75) is 13.0 Å². The minimum Gasteiger partial charge on any atom is -0.355 e. The molecule has 4 rings (SSSR count). The van der Waals surface area contributed by atoms with E-state index in [0.29, 0.717) is 32.5 Å². The first-order valence-electron chi connectivity index (χ1n) is 9.72. The largest absolute Gasteiger partial charge is 0.355 e. The van der Waals surface area contributed by atoms with E-state index in [4.69, 9.17) is 33.6 Å². The van der Waals surface area contributed by atoms with Gasteiger partial charge in [-0.15, -0.1) is 5.10 Å². The maximum absolute atomic E-state index is 13.1. The number of aromatic nitrogens is 3.